The number of hydrogen-bond donors (Lipinski definition) is 2. The first-order chi connectivity index (χ1) is 14.7. The first kappa shape index (κ1) is 28.2. The lowest BCUT2D eigenvalue weighted by molar-refractivity contribution is -0.379. The van der Waals surface area contributed by atoms with Gasteiger partial charge >= 0.3 is 23.7 Å². The minimum atomic E-state index is -6.80. The van der Waals surface area contributed by atoms with Crippen LogP contribution in [0.3, 0.4) is 0 Å². The number of unbranched alkanes of at least 4 members (excludes halogenated alkanes) is 7. The molecule has 0 aromatic heterocycles. The molecule has 0 aliphatic heterocycles. The Bertz CT molecular complexity index is 723. The average Bonchev–Trinajstić information content (AvgIpc) is 2.71. The molecule has 0 fully saturated rings. The van der Waals surface area contributed by atoms with Crippen molar-refractivity contribution in [3.63, 3.8) is 0 Å². The largest absolute Gasteiger partial charge is 0.504 e. The predicted molar refractivity (Wildman–Crippen MR) is 101 cm³/mol. The van der Waals surface area contributed by atoms with Crippen molar-refractivity contribution in [1.82, 2.24) is 0 Å². The molecule has 0 amide bonds. The maximum absolute atomic E-state index is 14.2. The summed E-state index contributed by atoms with van der Waals surface area (Å²) in [6.07, 6.45) is -0.101. The van der Waals surface area contributed by atoms with Crippen LogP contribution in [-0.2, 0) is 5.92 Å². The average molecular weight is 482 g/mol. The van der Waals surface area contributed by atoms with Gasteiger partial charge in [0.05, 0.1) is 5.56 Å². The van der Waals surface area contributed by atoms with Crippen LogP contribution in [0.4, 0.5) is 39.5 Å². The van der Waals surface area contributed by atoms with Gasteiger partial charge in [-0.25, -0.2) is 4.39 Å². The second kappa shape index (κ2) is 10.9. The molecule has 0 saturated heterocycles. The third kappa shape index (κ3) is 5.57. The molecule has 2 nitrogen and oxygen atoms in total. The van der Waals surface area contributed by atoms with E-state index >= 15 is 0 Å². The Labute approximate surface area is 180 Å². The van der Waals surface area contributed by atoms with Crippen molar-refractivity contribution in [1.29, 1.82) is 0 Å². The van der Waals surface area contributed by atoms with Gasteiger partial charge in [-0.1, -0.05) is 64.4 Å². The van der Waals surface area contributed by atoms with Crippen molar-refractivity contribution < 1.29 is 49.7 Å². The quantitative estimate of drug-likeness (QED) is 0.160. The van der Waals surface area contributed by atoms with Gasteiger partial charge in [-0.15, -0.1) is 0 Å². The number of para-hydroxylation sites is 1. The Hall–Kier alpha value is -1.81. The molecule has 0 saturated carbocycles. The standard InChI is InChI=1S/C21H27F9O2/c1-2-3-4-5-6-7-8-9-13-16(22)19(25,26)21(29,30)20(27,28)18(23,24)14-11-10-12-15(31)17(14)32/h10-12,16,31-32H,2-9,13H2,1H3. The summed E-state index contributed by atoms with van der Waals surface area (Å²) >= 11 is 0. The van der Waals surface area contributed by atoms with Gasteiger partial charge in [0.25, 0.3) is 0 Å². The maximum Gasteiger partial charge on any atom is 0.382 e. The number of rotatable bonds is 14. The van der Waals surface area contributed by atoms with Gasteiger partial charge in [0.15, 0.2) is 17.7 Å². The van der Waals surface area contributed by atoms with E-state index in [1.54, 1.807) is 0 Å². The lowest BCUT2D eigenvalue weighted by Crippen LogP contribution is -2.63. The van der Waals surface area contributed by atoms with Crippen LogP contribution < -0.4 is 0 Å². The molecular formula is C21H27F9O2. The molecule has 0 aliphatic carbocycles. The van der Waals surface area contributed by atoms with Crippen LogP contribution >= 0.6 is 0 Å². The summed E-state index contributed by atoms with van der Waals surface area (Å²) in [5, 5.41) is 18.5. The zero-order valence-electron chi connectivity index (χ0n) is 17.5. The third-order valence-electron chi connectivity index (χ3n) is 5.26. The molecule has 32 heavy (non-hydrogen) atoms. The molecule has 0 heterocycles. The zero-order valence-corrected chi connectivity index (χ0v) is 17.5. The number of phenols is 2. The first-order valence-corrected chi connectivity index (χ1v) is 10.3. The van der Waals surface area contributed by atoms with Crippen molar-refractivity contribution >= 4 is 0 Å². The zero-order chi connectivity index (χ0) is 24.8. The minimum Gasteiger partial charge on any atom is -0.504 e. The smallest absolute Gasteiger partial charge is 0.382 e. The Kier molecular flexibility index (Phi) is 9.59. The highest BCUT2D eigenvalue weighted by molar-refractivity contribution is 5.47. The monoisotopic (exact) mass is 482 g/mol. The van der Waals surface area contributed by atoms with Gasteiger partial charge in [0, 0.05) is 0 Å². The summed E-state index contributed by atoms with van der Waals surface area (Å²) in [7, 11) is 0. The van der Waals surface area contributed by atoms with Crippen molar-refractivity contribution in [3.8, 4) is 11.5 Å². The number of alkyl halides is 9. The van der Waals surface area contributed by atoms with E-state index < -0.39 is 53.3 Å². The lowest BCUT2D eigenvalue weighted by atomic mass is 9.90. The normalized spacial score (nSPS) is 14.6. The molecule has 1 unspecified atom stereocenters. The second-order valence-electron chi connectivity index (χ2n) is 7.75. The highest BCUT2D eigenvalue weighted by Crippen LogP contribution is 2.59. The lowest BCUT2D eigenvalue weighted by Gasteiger charge is -2.38. The van der Waals surface area contributed by atoms with E-state index in [-0.39, 0.29) is 18.9 Å². The summed E-state index contributed by atoms with van der Waals surface area (Å²) < 4.78 is 126. The SMILES string of the molecule is CCCCCCCCCCC(F)C(F)(F)C(F)(F)C(F)(F)C(F)(F)c1cccc(O)c1O. The molecule has 2 N–H and O–H groups in total. The Morgan fingerprint density at radius 1 is 0.750 bits per heavy atom. The summed E-state index contributed by atoms with van der Waals surface area (Å²) in [6.45, 7) is 2.00. The molecule has 1 aromatic carbocycles. The van der Waals surface area contributed by atoms with Gasteiger partial charge in [-0.3, -0.25) is 0 Å². The van der Waals surface area contributed by atoms with E-state index in [0.29, 0.717) is 25.0 Å². The van der Waals surface area contributed by atoms with Crippen LogP contribution in [0.2, 0.25) is 0 Å². The summed E-state index contributed by atoms with van der Waals surface area (Å²) in [5.74, 6) is -29.0. The maximum atomic E-state index is 14.2. The van der Waals surface area contributed by atoms with Crippen LogP contribution in [0, 0.1) is 0 Å². The highest BCUT2D eigenvalue weighted by atomic mass is 19.4. The highest BCUT2D eigenvalue weighted by Gasteiger charge is 2.82. The molecule has 0 aliphatic rings. The third-order valence-corrected chi connectivity index (χ3v) is 5.26. The fraction of sp³-hybridized carbons (Fsp3) is 0.714. The van der Waals surface area contributed by atoms with E-state index in [9.17, 15) is 44.6 Å². The molecular weight excluding hydrogens is 455 g/mol. The first-order valence-electron chi connectivity index (χ1n) is 10.3. The van der Waals surface area contributed by atoms with Crippen LogP contribution in [0.5, 0.6) is 11.5 Å². The fourth-order valence-corrected chi connectivity index (χ4v) is 3.20. The Morgan fingerprint density at radius 3 is 1.78 bits per heavy atom. The Balaban J connectivity index is 2.91. The number of phenolic OH excluding ortho intramolecular Hbond substituents is 2. The van der Waals surface area contributed by atoms with Crippen LogP contribution in [0.1, 0.15) is 70.3 Å². The van der Waals surface area contributed by atoms with Crippen LogP contribution in [0.15, 0.2) is 18.2 Å². The molecule has 1 atom stereocenters. The van der Waals surface area contributed by atoms with Gasteiger partial charge < -0.3 is 10.2 Å². The van der Waals surface area contributed by atoms with E-state index in [1.165, 1.54) is 0 Å². The van der Waals surface area contributed by atoms with Gasteiger partial charge in [0.1, 0.15) is 0 Å². The summed E-state index contributed by atoms with van der Waals surface area (Å²) in [4.78, 5) is 0. The molecule has 186 valence electrons. The van der Waals surface area contributed by atoms with Gasteiger partial charge in [0.2, 0.25) is 0 Å². The van der Waals surface area contributed by atoms with Crippen LogP contribution in [0.25, 0.3) is 0 Å². The number of benzene rings is 1. The molecule has 11 heteroatoms. The summed E-state index contributed by atoms with van der Waals surface area (Å²) in [5.41, 5.74) is -2.20. The van der Waals surface area contributed by atoms with Crippen molar-refractivity contribution in [2.24, 2.45) is 0 Å². The topological polar surface area (TPSA) is 40.5 Å². The van der Waals surface area contributed by atoms with Gasteiger partial charge in [-0.05, 0) is 18.6 Å². The predicted octanol–water partition coefficient (Wildman–Crippen LogP) is 7.96. The number of halogens is 9. The van der Waals surface area contributed by atoms with Crippen molar-refractivity contribution in [2.75, 3.05) is 0 Å². The molecule has 0 spiro atoms. The van der Waals surface area contributed by atoms with E-state index in [4.69, 9.17) is 5.11 Å². The van der Waals surface area contributed by atoms with Gasteiger partial charge in [-0.2, -0.15) is 35.1 Å². The summed E-state index contributed by atoms with van der Waals surface area (Å²) in [6, 6.07) is 1.16. The molecule has 1 rings (SSSR count). The molecule has 0 radical (unpaired) electrons. The van der Waals surface area contributed by atoms with E-state index in [0.717, 1.165) is 25.7 Å². The number of aromatic hydroxyl groups is 2. The van der Waals surface area contributed by atoms with E-state index in [1.807, 2.05) is 6.92 Å². The van der Waals surface area contributed by atoms with Crippen molar-refractivity contribution in [3.05, 3.63) is 23.8 Å². The fourth-order valence-electron chi connectivity index (χ4n) is 3.20. The minimum absolute atomic E-state index is 0.0601. The van der Waals surface area contributed by atoms with Crippen LogP contribution in [-0.4, -0.2) is 34.2 Å². The van der Waals surface area contributed by atoms with E-state index in [2.05, 4.69) is 0 Å². The molecule has 1 aromatic rings. The van der Waals surface area contributed by atoms with Crippen molar-refractivity contribution in [2.45, 2.75) is 94.6 Å². The number of hydrogen-bond acceptors (Lipinski definition) is 2. The molecule has 0 bridgehead atoms. The second-order valence-corrected chi connectivity index (χ2v) is 7.75. The Morgan fingerprint density at radius 2 is 1.25 bits per heavy atom.